The summed E-state index contributed by atoms with van der Waals surface area (Å²) in [6, 6.07) is 18.4. The van der Waals surface area contributed by atoms with Gasteiger partial charge in [0.25, 0.3) is 5.91 Å². The topological polar surface area (TPSA) is 101 Å². The number of likely N-dealkylation sites (N-methyl/N-ethyl adjacent to an activating group) is 1. The van der Waals surface area contributed by atoms with E-state index in [-0.39, 0.29) is 17.4 Å². The molecule has 0 radical (unpaired) electrons. The van der Waals surface area contributed by atoms with Gasteiger partial charge >= 0.3 is 0 Å². The molecule has 4 rings (SSSR count). The maximum absolute atomic E-state index is 12.8. The first-order valence-electron chi connectivity index (χ1n) is 10.8. The van der Waals surface area contributed by atoms with Gasteiger partial charge in [0, 0.05) is 44.1 Å². The number of sulfonamides is 1. The maximum Gasteiger partial charge on any atom is 0.262 e. The van der Waals surface area contributed by atoms with Gasteiger partial charge in [-0.2, -0.15) is 4.31 Å². The number of aromatic nitrogens is 1. The molecule has 1 aliphatic rings. The monoisotopic (exact) mass is 482 g/mol. The van der Waals surface area contributed by atoms with E-state index in [0.29, 0.717) is 49.2 Å². The lowest BCUT2D eigenvalue weighted by molar-refractivity contribution is -0.118. The molecule has 34 heavy (non-hydrogen) atoms. The first-order chi connectivity index (χ1) is 16.4. The van der Waals surface area contributed by atoms with Crippen molar-refractivity contribution in [2.45, 2.75) is 4.90 Å². The number of rotatable bonds is 8. The number of carbonyl (C=O) groups is 1. The van der Waals surface area contributed by atoms with Crippen molar-refractivity contribution in [3.63, 3.8) is 0 Å². The second-order valence-corrected chi connectivity index (χ2v) is 9.75. The highest BCUT2D eigenvalue weighted by molar-refractivity contribution is 7.89. The molecular weight excluding hydrogens is 456 g/mol. The molecule has 0 bridgehead atoms. The van der Waals surface area contributed by atoms with E-state index in [1.165, 1.54) is 16.4 Å². The van der Waals surface area contributed by atoms with Gasteiger partial charge in [0.2, 0.25) is 15.9 Å². The van der Waals surface area contributed by atoms with E-state index >= 15 is 0 Å². The van der Waals surface area contributed by atoms with Crippen LogP contribution in [-0.4, -0.2) is 68.3 Å². The summed E-state index contributed by atoms with van der Waals surface area (Å²) in [4.78, 5) is 18.7. The van der Waals surface area contributed by atoms with E-state index in [1.54, 1.807) is 54.7 Å². The highest BCUT2D eigenvalue weighted by Crippen LogP contribution is 2.23. The molecule has 2 heterocycles. The van der Waals surface area contributed by atoms with Gasteiger partial charge in [0.15, 0.2) is 6.61 Å². The Morgan fingerprint density at radius 3 is 2.26 bits per heavy atom. The van der Waals surface area contributed by atoms with Crippen LogP contribution in [0.15, 0.2) is 77.8 Å². The van der Waals surface area contributed by atoms with Crippen LogP contribution in [0.25, 0.3) is 0 Å². The second-order valence-electron chi connectivity index (χ2n) is 7.81. The molecule has 0 saturated carbocycles. The number of hydrogen-bond donors (Lipinski definition) is 1. The molecule has 1 aliphatic heterocycles. The highest BCUT2D eigenvalue weighted by atomic mass is 32.2. The number of piperazine rings is 1. The smallest absolute Gasteiger partial charge is 0.262 e. The number of carbonyl (C=O) groups excluding carboxylic acids is 1. The Morgan fingerprint density at radius 2 is 1.62 bits per heavy atom. The van der Waals surface area contributed by atoms with E-state index in [2.05, 4.69) is 15.2 Å². The number of amides is 1. The van der Waals surface area contributed by atoms with Gasteiger partial charge in [0.1, 0.15) is 11.5 Å². The van der Waals surface area contributed by atoms with Crippen molar-refractivity contribution in [2.24, 2.45) is 0 Å². The number of hydrogen-bond acceptors (Lipinski definition) is 7. The predicted molar refractivity (Wildman–Crippen MR) is 128 cm³/mol. The zero-order valence-corrected chi connectivity index (χ0v) is 19.6. The SMILES string of the molecule is CN1CCN(S(=O)(=O)c2ccc(NC(=O)COc3ccc(Oc4ccccn4)cc3)cc2)CC1. The molecule has 1 N–H and O–H groups in total. The predicted octanol–water partition coefficient (Wildman–Crippen LogP) is 2.83. The third kappa shape index (κ3) is 6.10. The highest BCUT2D eigenvalue weighted by Gasteiger charge is 2.27. The summed E-state index contributed by atoms with van der Waals surface area (Å²) in [5.74, 6) is 1.24. The van der Waals surface area contributed by atoms with Crippen LogP contribution < -0.4 is 14.8 Å². The van der Waals surface area contributed by atoms with Crippen molar-refractivity contribution in [2.75, 3.05) is 45.2 Å². The Balaban J connectivity index is 1.27. The summed E-state index contributed by atoms with van der Waals surface area (Å²) >= 11 is 0. The van der Waals surface area contributed by atoms with Crippen molar-refractivity contribution >= 4 is 21.6 Å². The Hall–Kier alpha value is -3.47. The molecule has 0 spiro atoms. The summed E-state index contributed by atoms with van der Waals surface area (Å²) in [6.45, 7) is 2.14. The average Bonchev–Trinajstić information content (AvgIpc) is 2.85. The van der Waals surface area contributed by atoms with Crippen LogP contribution in [0.1, 0.15) is 0 Å². The average molecular weight is 483 g/mol. The van der Waals surface area contributed by atoms with Crippen LogP contribution in [0, 0.1) is 0 Å². The van der Waals surface area contributed by atoms with Crippen molar-refractivity contribution in [1.82, 2.24) is 14.2 Å². The summed E-state index contributed by atoms with van der Waals surface area (Å²) in [5, 5.41) is 2.71. The lowest BCUT2D eigenvalue weighted by Gasteiger charge is -2.31. The van der Waals surface area contributed by atoms with Gasteiger partial charge in [0.05, 0.1) is 4.90 Å². The number of benzene rings is 2. The molecule has 1 fully saturated rings. The fourth-order valence-corrected chi connectivity index (χ4v) is 4.79. The lowest BCUT2D eigenvalue weighted by atomic mass is 10.3. The van der Waals surface area contributed by atoms with Crippen LogP contribution >= 0.6 is 0 Å². The Kier molecular flexibility index (Phi) is 7.41. The fraction of sp³-hybridized carbons (Fsp3) is 0.250. The zero-order chi connectivity index (χ0) is 24.0. The molecule has 1 aromatic heterocycles. The number of anilines is 1. The second kappa shape index (κ2) is 10.6. The van der Waals surface area contributed by atoms with E-state index < -0.39 is 10.0 Å². The standard InChI is InChI=1S/C24H26N4O5S/c1-27-14-16-28(17-15-27)34(30,31)22-11-5-19(6-12-22)26-23(29)18-32-20-7-9-21(10-8-20)33-24-4-2-3-13-25-24/h2-13H,14-18H2,1H3,(H,26,29). The van der Waals surface area contributed by atoms with Crippen LogP contribution in [0.2, 0.25) is 0 Å². The molecule has 3 aromatic rings. The number of ether oxygens (including phenoxy) is 2. The maximum atomic E-state index is 12.8. The van der Waals surface area contributed by atoms with Crippen LogP contribution in [0.3, 0.4) is 0 Å². The van der Waals surface area contributed by atoms with Crippen molar-refractivity contribution in [1.29, 1.82) is 0 Å². The van der Waals surface area contributed by atoms with Gasteiger partial charge in [-0.1, -0.05) is 6.07 Å². The van der Waals surface area contributed by atoms with Gasteiger partial charge in [-0.05, 0) is 61.6 Å². The first-order valence-corrected chi connectivity index (χ1v) is 12.2. The minimum atomic E-state index is -3.55. The number of pyridine rings is 1. The van der Waals surface area contributed by atoms with Gasteiger partial charge in [-0.3, -0.25) is 4.79 Å². The quantitative estimate of drug-likeness (QED) is 0.527. The van der Waals surface area contributed by atoms with E-state index in [4.69, 9.17) is 9.47 Å². The van der Waals surface area contributed by atoms with Gasteiger partial charge in [-0.15, -0.1) is 0 Å². The molecule has 1 amide bonds. The van der Waals surface area contributed by atoms with E-state index in [1.807, 2.05) is 13.1 Å². The zero-order valence-electron chi connectivity index (χ0n) is 18.8. The van der Waals surface area contributed by atoms with Crippen LogP contribution in [0.4, 0.5) is 5.69 Å². The van der Waals surface area contributed by atoms with Crippen LogP contribution in [-0.2, 0) is 14.8 Å². The normalized spacial score (nSPS) is 15.0. The van der Waals surface area contributed by atoms with Crippen molar-refractivity contribution < 1.29 is 22.7 Å². The van der Waals surface area contributed by atoms with E-state index in [9.17, 15) is 13.2 Å². The number of nitrogens with one attached hydrogen (secondary N) is 1. The molecule has 0 aliphatic carbocycles. The Bertz CT molecular complexity index is 1190. The molecule has 9 nitrogen and oxygen atoms in total. The van der Waals surface area contributed by atoms with Crippen LogP contribution in [0.5, 0.6) is 17.4 Å². The molecule has 0 atom stereocenters. The summed E-state index contributed by atoms with van der Waals surface area (Å²) in [6.07, 6.45) is 1.64. The fourth-order valence-electron chi connectivity index (χ4n) is 3.37. The first kappa shape index (κ1) is 23.7. The van der Waals surface area contributed by atoms with Crippen molar-refractivity contribution in [3.8, 4) is 17.4 Å². The number of nitrogens with zero attached hydrogens (tertiary/aromatic N) is 3. The largest absolute Gasteiger partial charge is 0.484 e. The summed E-state index contributed by atoms with van der Waals surface area (Å²) in [5.41, 5.74) is 0.491. The van der Waals surface area contributed by atoms with Gasteiger partial charge < -0.3 is 19.7 Å². The Labute approximate surface area is 199 Å². The molecule has 10 heteroatoms. The molecule has 2 aromatic carbocycles. The minimum absolute atomic E-state index is 0.193. The third-order valence-electron chi connectivity index (χ3n) is 5.29. The van der Waals surface area contributed by atoms with Gasteiger partial charge in [-0.25, -0.2) is 13.4 Å². The molecule has 1 saturated heterocycles. The lowest BCUT2D eigenvalue weighted by Crippen LogP contribution is -2.46. The molecule has 178 valence electrons. The summed E-state index contributed by atoms with van der Waals surface area (Å²) in [7, 11) is -1.57. The Morgan fingerprint density at radius 1 is 0.941 bits per heavy atom. The summed E-state index contributed by atoms with van der Waals surface area (Å²) < 4.78 is 38.2. The van der Waals surface area contributed by atoms with E-state index in [0.717, 1.165) is 0 Å². The van der Waals surface area contributed by atoms with Crippen molar-refractivity contribution in [3.05, 3.63) is 72.9 Å². The molecule has 0 unspecified atom stereocenters. The minimum Gasteiger partial charge on any atom is -0.484 e. The third-order valence-corrected chi connectivity index (χ3v) is 7.20. The molecular formula is C24H26N4O5S.